The normalized spacial score (nSPS) is 21.9. The average molecular weight is 465 g/mol. The molecule has 3 heterocycles. The number of carbonyl (C=O) groups is 1. The second kappa shape index (κ2) is 11.1. The Labute approximate surface area is 202 Å². The third kappa shape index (κ3) is 5.65. The van der Waals surface area contributed by atoms with Crippen molar-refractivity contribution in [2.75, 3.05) is 26.7 Å². The van der Waals surface area contributed by atoms with Gasteiger partial charge in [-0.2, -0.15) is 0 Å². The lowest BCUT2D eigenvalue weighted by atomic mass is 9.93. The molecule has 0 aromatic carbocycles. The molecule has 182 valence electrons. The van der Waals surface area contributed by atoms with Crippen molar-refractivity contribution in [3.63, 3.8) is 0 Å². The maximum Gasteiger partial charge on any atom is 0.259 e. The van der Waals surface area contributed by atoms with Gasteiger partial charge >= 0.3 is 0 Å². The number of nitrogens with zero attached hydrogens (tertiary/aromatic N) is 4. The summed E-state index contributed by atoms with van der Waals surface area (Å²) in [5.74, 6) is 0.320. The highest BCUT2D eigenvalue weighted by atomic mass is 16.5. The number of allylic oxidation sites excluding steroid dienone is 2. The maximum absolute atomic E-state index is 13.6. The molecule has 34 heavy (non-hydrogen) atoms. The van der Waals surface area contributed by atoms with Crippen LogP contribution in [0.3, 0.4) is 0 Å². The minimum Gasteiger partial charge on any atom is -0.472 e. The number of aromatic nitrogens is 2. The molecule has 2 aromatic heterocycles. The SMILES string of the molecule is C[C@H](CO)N1C[C@H](C)[C@H](CN(C)Cc2ccncc2)Oc2ncc(C3=CCCCC3)cc2C1=O. The van der Waals surface area contributed by atoms with Crippen molar-refractivity contribution < 1.29 is 14.6 Å². The van der Waals surface area contributed by atoms with Crippen LogP contribution in [0.15, 0.2) is 42.9 Å². The molecule has 0 fully saturated rings. The molecule has 0 unspecified atom stereocenters. The molecule has 7 nitrogen and oxygen atoms in total. The number of carbonyl (C=O) groups excluding carboxylic acids is 1. The van der Waals surface area contributed by atoms with E-state index in [9.17, 15) is 9.90 Å². The number of ether oxygens (including phenoxy) is 1. The van der Waals surface area contributed by atoms with E-state index in [-0.39, 0.29) is 30.6 Å². The van der Waals surface area contributed by atoms with E-state index in [2.05, 4.69) is 34.9 Å². The van der Waals surface area contributed by atoms with Gasteiger partial charge in [0.05, 0.1) is 12.6 Å². The number of rotatable bonds is 7. The second-order valence-corrected chi connectivity index (χ2v) is 9.73. The lowest BCUT2D eigenvalue weighted by molar-refractivity contribution is 0.0325. The molecule has 4 rings (SSSR count). The highest BCUT2D eigenvalue weighted by Gasteiger charge is 2.34. The first-order valence-electron chi connectivity index (χ1n) is 12.3. The summed E-state index contributed by atoms with van der Waals surface area (Å²) in [7, 11) is 2.07. The monoisotopic (exact) mass is 464 g/mol. The fourth-order valence-electron chi connectivity index (χ4n) is 4.77. The molecular formula is C27H36N4O3. The van der Waals surface area contributed by atoms with Gasteiger partial charge in [-0.1, -0.05) is 13.0 Å². The standard InChI is InChI=1S/C27H36N4O3/c1-19-15-31(20(2)18-32)27(33)24-13-23(22-7-5-4-6-8-22)14-29-26(24)34-25(19)17-30(3)16-21-9-11-28-12-10-21/h7,9-14,19-20,25,32H,4-6,8,15-18H2,1-3H3/t19-,20+,25-/m0/s1. The Morgan fingerprint density at radius 1 is 1.29 bits per heavy atom. The molecule has 0 saturated carbocycles. The van der Waals surface area contributed by atoms with Crippen LogP contribution in [-0.4, -0.2) is 69.7 Å². The molecule has 0 spiro atoms. The molecule has 1 aliphatic heterocycles. The molecule has 1 N–H and O–H groups in total. The number of hydrogen-bond acceptors (Lipinski definition) is 6. The van der Waals surface area contributed by atoms with Gasteiger partial charge in [0.1, 0.15) is 11.7 Å². The Morgan fingerprint density at radius 2 is 2.09 bits per heavy atom. The van der Waals surface area contributed by atoms with E-state index in [0.29, 0.717) is 24.5 Å². The van der Waals surface area contributed by atoms with Gasteiger partial charge in [0, 0.05) is 44.1 Å². The van der Waals surface area contributed by atoms with Crippen molar-refractivity contribution in [3.05, 3.63) is 59.6 Å². The minimum absolute atomic E-state index is 0.0634. The van der Waals surface area contributed by atoms with E-state index in [4.69, 9.17) is 4.74 Å². The van der Waals surface area contributed by atoms with Gasteiger partial charge in [-0.15, -0.1) is 0 Å². The van der Waals surface area contributed by atoms with Gasteiger partial charge in [0.2, 0.25) is 5.88 Å². The third-order valence-electron chi connectivity index (χ3n) is 6.88. The van der Waals surface area contributed by atoms with Gasteiger partial charge in [-0.25, -0.2) is 4.98 Å². The number of fused-ring (bicyclic) bond motifs is 1. The van der Waals surface area contributed by atoms with Crippen LogP contribution >= 0.6 is 0 Å². The van der Waals surface area contributed by atoms with Crippen molar-refractivity contribution in [1.29, 1.82) is 0 Å². The second-order valence-electron chi connectivity index (χ2n) is 9.73. The van der Waals surface area contributed by atoms with Crippen molar-refractivity contribution in [3.8, 4) is 5.88 Å². The first kappa shape index (κ1) is 24.4. The van der Waals surface area contributed by atoms with Crippen LogP contribution in [0, 0.1) is 5.92 Å². The zero-order valence-electron chi connectivity index (χ0n) is 20.5. The quantitative estimate of drug-likeness (QED) is 0.672. The maximum atomic E-state index is 13.6. The molecule has 0 bridgehead atoms. The molecule has 7 heteroatoms. The largest absolute Gasteiger partial charge is 0.472 e. The molecule has 2 aromatic rings. The summed E-state index contributed by atoms with van der Waals surface area (Å²) in [4.78, 5) is 26.3. The zero-order valence-corrected chi connectivity index (χ0v) is 20.5. The summed E-state index contributed by atoms with van der Waals surface area (Å²) in [5.41, 5.74) is 3.91. The molecule has 1 amide bonds. The van der Waals surface area contributed by atoms with Crippen LogP contribution in [-0.2, 0) is 6.54 Å². The van der Waals surface area contributed by atoms with Crippen molar-refractivity contribution >= 4 is 11.5 Å². The molecule has 1 aliphatic carbocycles. The number of amides is 1. The van der Waals surface area contributed by atoms with E-state index in [1.165, 1.54) is 17.6 Å². The number of aliphatic hydroxyl groups excluding tert-OH is 1. The first-order chi connectivity index (χ1) is 16.5. The van der Waals surface area contributed by atoms with E-state index < -0.39 is 0 Å². The van der Waals surface area contributed by atoms with E-state index >= 15 is 0 Å². The molecule has 0 saturated heterocycles. The number of likely N-dealkylation sites (N-methyl/N-ethyl adjacent to an activating group) is 1. The highest BCUT2D eigenvalue weighted by Crippen LogP contribution is 2.32. The summed E-state index contributed by atoms with van der Waals surface area (Å²) >= 11 is 0. The zero-order chi connectivity index (χ0) is 24.1. The van der Waals surface area contributed by atoms with Gasteiger partial charge < -0.3 is 14.7 Å². The van der Waals surface area contributed by atoms with Crippen LogP contribution in [0.4, 0.5) is 0 Å². The summed E-state index contributed by atoms with van der Waals surface area (Å²) in [6.45, 7) is 5.88. The summed E-state index contributed by atoms with van der Waals surface area (Å²) in [6.07, 6.45) is 12.0. The Balaban J connectivity index is 1.63. The highest BCUT2D eigenvalue weighted by molar-refractivity contribution is 5.97. The lowest BCUT2D eigenvalue weighted by Gasteiger charge is -2.37. The third-order valence-corrected chi connectivity index (χ3v) is 6.88. The molecule has 2 aliphatic rings. The van der Waals surface area contributed by atoms with Crippen LogP contribution < -0.4 is 4.74 Å². The lowest BCUT2D eigenvalue weighted by Crippen LogP contribution is -2.49. The summed E-state index contributed by atoms with van der Waals surface area (Å²) in [5, 5.41) is 9.87. The molecular weight excluding hydrogens is 428 g/mol. The summed E-state index contributed by atoms with van der Waals surface area (Å²) in [6, 6.07) is 5.68. The van der Waals surface area contributed by atoms with E-state index in [1.54, 1.807) is 17.3 Å². The van der Waals surface area contributed by atoms with Gasteiger partial charge in [-0.05, 0) is 74.6 Å². The Bertz CT molecular complexity index is 1010. The average Bonchev–Trinajstić information content (AvgIpc) is 2.86. The predicted octanol–water partition coefficient (Wildman–Crippen LogP) is 3.79. The van der Waals surface area contributed by atoms with Gasteiger partial charge in [0.25, 0.3) is 5.91 Å². The van der Waals surface area contributed by atoms with Crippen molar-refractivity contribution in [1.82, 2.24) is 19.8 Å². The number of hydrogen-bond donors (Lipinski definition) is 1. The van der Waals surface area contributed by atoms with Crippen LogP contribution in [0.2, 0.25) is 0 Å². The Kier molecular flexibility index (Phi) is 7.95. The molecule has 0 radical (unpaired) electrons. The Hall–Kier alpha value is -2.77. The minimum atomic E-state index is -0.284. The molecule has 3 atom stereocenters. The van der Waals surface area contributed by atoms with Crippen molar-refractivity contribution in [2.24, 2.45) is 5.92 Å². The number of aliphatic hydroxyl groups is 1. The fourth-order valence-corrected chi connectivity index (χ4v) is 4.77. The predicted molar refractivity (Wildman–Crippen MR) is 132 cm³/mol. The first-order valence-corrected chi connectivity index (χ1v) is 12.3. The van der Waals surface area contributed by atoms with Crippen molar-refractivity contribution in [2.45, 2.75) is 58.2 Å². The van der Waals surface area contributed by atoms with Crippen LogP contribution in [0.5, 0.6) is 5.88 Å². The van der Waals surface area contributed by atoms with Gasteiger partial charge in [0.15, 0.2) is 0 Å². The van der Waals surface area contributed by atoms with Crippen LogP contribution in [0.25, 0.3) is 5.57 Å². The Morgan fingerprint density at radius 3 is 2.79 bits per heavy atom. The topological polar surface area (TPSA) is 78.8 Å². The van der Waals surface area contributed by atoms with Crippen LogP contribution in [0.1, 0.15) is 61.0 Å². The number of pyridine rings is 2. The van der Waals surface area contributed by atoms with Gasteiger partial charge in [-0.3, -0.25) is 14.7 Å². The fraction of sp³-hybridized carbons (Fsp3) is 0.519. The smallest absolute Gasteiger partial charge is 0.259 e. The van der Waals surface area contributed by atoms with E-state index in [0.717, 1.165) is 31.4 Å². The van der Waals surface area contributed by atoms with E-state index in [1.807, 2.05) is 31.3 Å². The summed E-state index contributed by atoms with van der Waals surface area (Å²) < 4.78 is 6.44.